The van der Waals surface area contributed by atoms with Crippen LogP contribution in [0.4, 0.5) is 0 Å². The van der Waals surface area contributed by atoms with Gasteiger partial charge in [0.15, 0.2) is 0 Å². The third-order valence-corrected chi connectivity index (χ3v) is 7.57. The normalized spacial score (nSPS) is 12.6. The molecule has 0 atom stereocenters. The molecule has 2 heterocycles. The van der Waals surface area contributed by atoms with Crippen molar-refractivity contribution in [2.45, 2.75) is 13.1 Å². The van der Waals surface area contributed by atoms with Gasteiger partial charge in [0.2, 0.25) is 0 Å². The van der Waals surface area contributed by atoms with Crippen molar-refractivity contribution in [1.29, 1.82) is 0 Å². The number of benzene rings is 4. The zero-order valence-electron chi connectivity index (χ0n) is 15.0. The zero-order chi connectivity index (χ0) is 17.4. The molecule has 1 nitrogen and oxygen atoms in total. The number of nitrogens with zero attached hydrogens (tertiary/aromatic N) is 1. The molecular formula is C24H19NSi. The van der Waals surface area contributed by atoms with E-state index in [1.54, 1.807) is 5.19 Å². The highest BCUT2D eigenvalue weighted by atomic mass is 28.3. The molecule has 124 valence electrons. The average Bonchev–Trinajstić information content (AvgIpc) is 3.18. The van der Waals surface area contributed by atoms with Gasteiger partial charge in [-0.15, -0.1) is 0 Å². The quantitative estimate of drug-likeness (QED) is 0.336. The van der Waals surface area contributed by atoms with Crippen LogP contribution in [0.25, 0.3) is 48.9 Å². The topological polar surface area (TPSA) is 4.41 Å². The van der Waals surface area contributed by atoms with Crippen LogP contribution in [-0.4, -0.2) is 13.2 Å². The SMILES string of the molecule is C[SiH](C)c1ccc2c(c1)c1cc3ccccc3c3c4ccccc4n2c13. The summed E-state index contributed by atoms with van der Waals surface area (Å²) in [7, 11) is -0.828. The van der Waals surface area contributed by atoms with Gasteiger partial charge in [-0.3, -0.25) is 0 Å². The van der Waals surface area contributed by atoms with E-state index < -0.39 is 8.80 Å². The molecule has 0 fully saturated rings. The Kier molecular flexibility index (Phi) is 2.68. The molecule has 6 aromatic rings. The van der Waals surface area contributed by atoms with Crippen molar-refractivity contribution >= 4 is 62.9 Å². The van der Waals surface area contributed by atoms with Gasteiger partial charge in [0.1, 0.15) is 0 Å². The second kappa shape index (κ2) is 4.86. The predicted octanol–water partition coefficient (Wildman–Crippen LogP) is 5.68. The standard InChI is InChI=1S/C24H19NSi/c1-26(2)16-11-12-22-19(14-16)20-13-15-7-3-4-8-17(15)23-18-9-5-6-10-21(18)25(22)24(20)23/h3-14,26H,1-2H3. The van der Waals surface area contributed by atoms with Crippen LogP contribution in [-0.2, 0) is 0 Å². The minimum atomic E-state index is -0.828. The first-order chi connectivity index (χ1) is 12.7. The first-order valence-electron chi connectivity index (χ1n) is 9.33. The van der Waals surface area contributed by atoms with Crippen molar-refractivity contribution in [3.63, 3.8) is 0 Å². The fourth-order valence-electron chi connectivity index (χ4n) is 4.62. The third-order valence-electron chi connectivity index (χ3n) is 5.88. The molecule has 0 aliphatic carbocycles. The molecule has 4 aromatic carbocycles. The maximum absolute atomic E-state index is 2.48. The Morgan fingerprint density at radius 3 is 2.23 bits per heavy atom. The van der Waals surface area contributed by atoms with E-state index in [1.807, 2.05) is 0 Å². The molecular weight excluding hydrogens is 330 g/mol. The van der Waals surface area contributed by atoms with Gasteiger partial charge in [0, 0.05) is 21.5 Å². The van der Waals surface area contributed by atoms with Gasteiger partial charge in [-0.05, 0) is 29.0 Å². The number of aromatic nitrogens is 1. The van der Waals surface area contributed by atoms with Crippen LogP contribution in [0.2, 0.25) is 13.1 Å². The molecule has 2 aromatic heterocycles. The molecule has 6 rings (SSSR count). The molecule has 0 saturated carbocycles. The lowest BCUT2D eigenvalue weighted by Gasteiger charge is -2.05. The van der Waals surface area contributed by atoms with Crippen molar-refractivity contribution < 1.29 is 0 Å². The van der Waals surface area contributed by atoms with Gasteiger partial charge >= 0.3 is 0 Å². The van der Waals surface area contributed by atoms with Crippen molar-refractivity contribution in [3.05, 3.63) is 72.8 Å². The van der Waals surface area contributed by atoms with Gasteiger partial charge in [0.25, 0.3) is 0 Å². The van der Waals surface area contributed by atoms with Gasteiger partial charge in [-0.1, -0.05) is 72.9 Å². The molecule has 2 heteroatoms. The summed E-state index contributed by atoms with van der Waals surface area (Å²) in [6.07, 6.45) is 0. The monoisotopic (exact) mass is 349 g/mol. The van der Waals surface area contributed by atoms with E-state index in [2.05, 4.69) is 90.3 Å². The Hall–Kier alpha value is -2.84. The summed E-state index contributed by atoms with van der Waals surface area (Å²) in [5.74, 6) is 0. The summed E-state index contributed by atoms with van der Waals surface area (Å²) in [4.78, 5) is 0. The Bertz CT molecular complexity index is 1460. The van der Waals surface area contributed by atoms with Crippen molar-refractivity contribution in [2.75, 3.05) is 0 Å². The second-order valence-electron chi connectivity index (χ2n) is 7.65. The van der Waals surface area contributed by atoms with Gasteiger partial charge in [0.05, 0.1) is 25.3 Å². The van der Waals surface area contributed by atoms with E-state index in [-0.39, 0.29) is 0 Å². The average molecular weight is 350 g/mol. The molecule has 0 amide bonds. The predicted molar refractivity (Wildman–Crippen MR) is 117 cm³/mol. The third kappa shape index (κ3) is 1.65. The van der Waals surface area contributed by atoms with Crippen LogP contribution in [0.5, 0.6) is 0 Å². The summed E-state index contributed by atoms with van der Waals surface area (Å²) in [6.45, 7) is 4.81. The molecule has 0 unspecified atom stereocenters. The van der Waals surface area contributed by atoms with Crippen LogP contribution < -0.4 is 5.19 Å². The number of fused-ring (bicyclic) bond motifs is 8. The minimum Gasteiger partial charge on any atom is -0.308 e. The Morgan fingerprint density at radius 1 is 0.654 bits per heavy atom. The molecule has 0 bridgehead atoms. The highest BCUT2D eigenvalue weighted by Gasteiger charge is 2.19. The molecule has 0 spiro atoms. The van der Waals surface area contributed by atoms with Crippen LogP contribution in [0.15, 0.2) is 72.8 Å². The summed E-state index contributed by atoms with van der Waals surface area (Å²) in [5, 5.41) is 9.77. The smallest absolute Gasteiger partial charge is 0.0647 e. The van der Waals surface area contributed by atoms with E-state index >= 15 is 0 Å². The van der Waals surface area contributed by atoms with E-state index in [4.69, 9.17) is 0 Å². The van der Waals surface area contributed by atoms with Crippen molar-refractivity contribution in [2.24, 2.45) is 0 Å². The lowest BCUT2D eigenvalue weighted by Crippen LogP contribution is -2.21. The van der Waals surface area contributed by atoms with E-state index in [0.29, 0.717) is 0 Å². The fourth-order valence-corrected chi connectivity index (χ4v) is 5.60. The fraction of sp³-hybridized carbons (Fsp3) is 0.0833. The summed E-state index contributed by atoms with van der Waals surface area (Å²) in [5.41, 5.74) is 4.02. The Balaban J connectivity index is 2.00. The first kappa shape index (κ1) is 14.3. The Morgan fingerprint density at radius 2 is 1.38 bits per heavy atom. The Labute approximate surface area is 153 Å². The molecule has 0 saturated heterocycles. The highest BCUT2D eigenvalue weighted by Crippen LogP contribution is 2.42. The zero-order valence-corrected chi connectivity index (χ0v) is 16.1. The minimum absolute atomic E-state index is 0.828. The van der Waals surface area contributed by atoms with Gasteiger partial charge < -0.3 is 4.40 Å². The van der Waals surface area contributed by atoms with Gasteiger partial charge in [-0.25, -0.2) is 0 Å². The van der Waals surface area contributed by atoms with Crippen molar-refractivity contribution in [3.8, 4) is 0 Å². The molecule has 0 aliphatic heterocycles. The van der Waals surface area contributed by atoms with Crippen LogP contribution in [0.3, 0.4) is 0 Å². The second-order valence-corrected chi connectivity index (χ2v) is 10.6. The maximum atomic E-state index is 2.48. The van der Waals surface area contributed by atoms with Crippen LogP contribution in [0.1, 0.15) is 0 Å². The number of hydrogen-bond donors (Lipinski definition) is 0. The van der Waals surface area contributed by atoms with E-state index in [1.165, 1.54) is 48.9 Å². The highest BCUT2D eigenvalue weighted by molar-refractivity contribution is 6.71. The maximum Gasteiger partial charge on any atom is 0.0647 e. The summed E-state index contributed by atoms with van der Waals surface area (Å²) in [6, 6.07) is 27.2. The van der Waals surface area contributed by atoms with E-state index in [9.17, 15) is 0 Å². The molecule has 0 radical (unpaired) electrons. The van der Waals surface area contributed by atoms with Crippen LogP contribution >= 0.6 is 0 Å². The van der Waals surface area contributed by atoms with E-state index in [0.717, 1.165) is 0 Å². The van der Waals surface area contributed by atoms with Crippen molar-refractivity contribution in [1.82, 2.24) is 4.40 Å². The van der Waals surface area contributed by atoms with Gasteiger partial charge in [-0.2, -0.15) is 0 Å². The largest absolute Gasteiger partial charge is 0.308 e. The number of para-hydroxylation sites is 1. The number of hydrogen-bond acceptors (Lipinski definition) is 0. The lowest BCUT2D eigenvalue weighted by molar-refractivity contribution is 1.37. The van der Waals surface area contributed by atoms with Crippen LogP contribution in [0, 0.1) is 0 Å². The first-order valence-corrected chi connectivity index (χ1v) is 12.2. The molecule has 26 heavy (non-hydrogen) atoms. The molecule has 0 aliphatic rings. The summed E-state index contributed by atoms with van der Waals surface area (Å²) >= 11 is 0. The summed E-state index contributed by atoms with van der Waals surface area (Å²) < 4.78 is 2.48. The molecule has 0 N–H and O–H groups in total. The lowest BCUT2D eigenvalue weighted by atomic mass is 10.0. The number of rotatable bonds is 1.